The van der Waals surface area contributed by atoms with Gasteiger partial charge in [0.1, 0.15) is 0 Å². The maximum Gasteiger partial charge on any atom is 0.255 e. The fourth-order valence-electron chi connectivity index (χ4n) is 6.44. The summed E-state index contributed by atoms with van der Waals surface area (Å²) in [5.41, 5.74) is 0.747. The Morgan fingerprint density at radius 3 is 2.31 bits per heavy atom. The van der Waals surface area contributed by atoms with Crippen LogP contribution < -0.4 is 5.32 Å². The topological polar surface area (TPSA) is 58.6 Å². The van der Waals surface area contributed by atoms with Gasteiger partial charge in [0, 0.05) is 23.5 Å². The first-order chi connectivity index (χ1) is 14.1. The van der Waals surface area contributed by atoms with Crippen LogP contribution in [0.25, 0.3) is 0 Å². The molecule has 1 aromatic carbocycles. The van der Waals surface area contributed by atoms with Crippen molar-refractivity contribution in [1.29, 1.82) is 0 Å². The lowest BCUT2D eigenvalue weighted by Gasteiger charge is -2.56. The molecule has 0 atom stereocenters. The van der Waals surface area contributed by atoms with E-state index in [9.17, 15) is 9.59 Å². The lowest BCUT2D eigenvalue weighted by molar-refractivity contribution is -0.124. The normalized spacial score (nSPS) is 33.0. The smallest absolute Gasteiger partial charge is 0.255 e. The molecular formula is C23H30N2O3S. The van der Waals surface area contributed by atoms with Crippen LogP contribution in [-0.2, 0) is 9.53 Å². The Balaban J connectivity index is 1.21. The second kappa shape index (κ2) is 7.95. The summed E-state index contributed by atoms with van der Waals surface area (Å²) in [5, 5.41) is 3.44. The second-order valence-electron chi connectivity index (χ2n) is 9.44. The molecule has 1 aliphatic heterocycles. The summed E-state index contributed by atoms with van der Waals surface area (Å²) in [7, 11) is 0. The minimum absolute atomic E-state index is 0.0397. The first kappa shape index (κ1) is 19.4. The largest absolute Gasteiger partial charge is 0.378 e. The molecule has 29 heavy (non-hydrogen) atoms. The molecular weight excluding hydrogens is 384 g/mol. The predicted molar refractivity (Wildman–Crippen MR) is 113 cm³/mol. The molecule has 2 amide bonds. The molecule has 5 aliphatic rings. The Bertz CT molecular complexity index is 755. The summed E-state index contributed by atoms with van der Waals surface area (Å²) in [6.45, 7) is 2.44. The van der Waals surface area contributed by atoms with Crippen LogP contribution in [0, 0.1) is 17.8 Å². The van der Waals surface area contributed by atoms with Gasteiger partial charge in [0.05, 0.1) is 24.5 Å². The zero-order valence-electron chi connectivity index (χ0n) is 16.9. The standard InChI is InChI=1S/C23H30N2O3S/c26-21(24-23-12-16-9-17(13-23)11-18(10-16)14-23)15-29-20-4-2-1-3-19(20)22(27)25-5-7-28-8-6-25/h1-4,16-18H,5-15H2,(H,24,26). The second-order valence-corrected chi connectivity index (χ2v) is 10.5. The third kappa shape index (κ3) is 4.06. The van der Waals surface area contributed by atoms with Gasteiger partial charge in [0.15, 0.2) is 0 Å². The molecule has 5 fully saturated rings. The van der Waals surface area contributed by atoms with Crippen molar-refractivity contribution in [3.05, 3.63) is 29.8 Å². The van der Waals surface area contributed by atoms with Crippen LogP contribution in [0.15, 0.2) is 29.2 Å². The van der Waals surface area contributed by atoms with Crippen LogP contribution in [0.1, 0.15) is 48.9 Å². The number of carbonyl (C=O) groups is 2. The van der Waals surface area contributed by atoms with Gasteiger partial charge in [0.2, 0.25) is 5.91 Å². The van der Waals surface area contributed by atoms with Gasteiger partial charge in [-0.3, -0.25) is 9.59 Å². The number of nitrogens with one attached hydrogen (secondary N) is 1. The summed E-state index contributed by atoms with van der Waals surface area (Å²) in [4.78, 5) is 28.5. The number of carbonyl (C=O) groups excluding carboxylic acids is 2. The maximum absolute atomic E-state index is 12.9. The number of benzene rings is 1. The number of hydrogen-bond donors (Lipinski definition) is 1. The number of morpholine rings is 1. The van der Waals surface area contributed by atoms with E-state index in [1.807, 2.05) is 29.2 Å². The third-order valence-electron chi connectivity index (χ3n) is 7.22. The highest BCUT2D eigenvalue weighted by molar-refractivity contribution is 8.00. The molecule has 1 heterocycles. The Labute approximate surface area is 176 Å². The average molecular weight is 415 g/mol. The highest BCUT2D eigenvalue weighted by Crippen LogP contribution is 2.55. The van der Waals surface area contributed by atoms with Crippen molar-refractivity contribution in [3.8, 4) is 0 Å². The van der Waals surface area contributed by atoms with Crippen molar-refractivity contribution in [3.63, 3.8) is 0 Å². The molecule has 6 rings (SSSR count). The highest BCUT2D eigenvalue weighted by atomic mass is 32.2. The number of thioether (sulfide) groups is 1. The first-order valence-electron chi connectivity index (χ1n) is 11.0. The van der Waals surface area contributed by atoms with Crippen LogP contribution in [0.4, 0.5) is 0 Å². The van der Waals surface area contributed by atoms with Gasteiger partial charge in [-0.05, 0) is 68.4 Å². The van der Waals surface area contributed by atoms with Crippen LogP contribution >= 0.6 is 11.8 Å². The Hall–Kier alpha value is -1.53. The van der Waals surface area contributed by atoms with Crippen molar-refractivity contribution in [2.24, 2.45) is 17.8 Å². The molecule has 1 aromatic rings. The van der Waals surface area contributed by atoms with E-state index in [2.05, 4.69) is 5.32 Å². The Morgan fingerprint density at radius 2 is 1.66 bits per heavy atom. The van der Waals surface area contributed by atoms with Gasteiger partial charge < -0.3 is 15.0 Å². The molecule has 4 aliphatic carbocycles. The monoisotopic (exact) mass is 414 g/mol. The summed E-state index contributed by atoms with van der Waals surface area (Å²) in [5.74, 6) is 2.99. The molecule has 4 saturated carbocycles. The lowest BCUT2D eigenvalue weighted by atomic mass is 9.53. The molecule has 5 nitrogen and oxygen atoms in total. The average Bonchev–Trinajstić information content (AvgIpc) is 2.71. The van der Waals surface area contributed by atoms with Crippen LogP contribution in [-0.4, -0.2) is 54.3 Å². The van der Waals surface area contributed by atoms with Crippen molar-refractivity contribution in [1.82, 2.24) is 10.2 Å². The number of ether oxygens (including phenoxy) is 1. The van der Waals surface area contributed by atoms with Crippen molar-refractivity contribution in [2.75, 3.05) is 32.1 Å². The van der Waals surface area contributed by atoms with Crippen molar-refractivity contribution < 1.29 is 14.3 Å². The van der Waals surface area contributed by atoms with Crippen molar-refractivity contribution in [2.45, 2.75) is 49.0 Å². The van der Waals surface area contributed by atoms with E-state index in [0.29, 0.717) is 37.6 Å². The predicted octanol–water partition coefficient (Wildman–Crippen LogP) is 3.34. The zero-order chi connectivity index (χ0) is 19.8. The molecule has 6 heteroatoms. The summed E-state index contributed by atoms with van der Waals surface area (Å²) in [6.07, 6.45) is 7.63. The van der Waals surface area contributed by atoms with Gasteiger partial charge in [0.25, 0.3) is 5.91 Å². The van der Waals surface area contributed by atoms with Crippen LogP contribution in [0.3, 0.4) is 0 Å². The van der Waals surface area contributed by atoms with E-state index in [1.54, 1.807) is 0 Å². The minimum atomic E-state index is 0.0397. The van der Waals surface area contributed by atoms with E-state index >= 15 is 0 Å². The van der Waals surface area contributed by atoms with E-state index < -0.39 is 0 Å². The number of rotatable bonds is 5. The zero-order valence-corrected chi connectivity index (χ0v) is 17.7. The highest BCUT2D eigenvalue weighted by Gasteiger charge is 2.51. The van der Waals surface area contributed by atoms with E-state index in [4.69, 9.17) is 4.74 Å². The van der Waals surface area contributed by atoms with E-state index in [0.717, 1.165) is 22.6 Å². The van der Waals surface area contributed by atoms with Gasteiger partial charge in [-0.2, -0.15) is 0 Å². The molecule has 0 aromatic heterocycles. The molecule has 0 radical (unpaired) electrons. The summed E-state index contributed by atoms with van der Waals surface area (Å²) in [6, 6.07) is 7.66. The van der Waals surface area contributed by atoms with E-state index in [1.165, 1.54) is 50.3 Å². The maximum atomic E-state index is 12.9. The number of hydrogen-bond acceptors (Lipinski definition) is 4. The van der Waals surface area contributed by atoms with E-state index in [-0.39, 0.29) is 17.4 Å². The van der Waals surface area contributed by atoms with Gasteiger partial charge in [-0.25, -0.2) is 0 Å². The summed E-state index contributed by atoms with van der Waals surface area (Å²) < 4.78 is 5.36. The van der Waals surface area contributed by atoms with Crippen molar-refractivity contribution >= 4 is 23.6 Å². The molecule has 1 N–H and O–H groups in total. The number of amides is 2. The fraction of sp³-hybridized carbons (Fsp3) is 0.652. The first-order valence-corrected chi connectivity index (χ1v) is 12.0. The molecule has 156 valence electrons. The van der Waals surface area contributed by atoms with Crippen LogP contribution in [0.2, 0.25) is 0 Å². The molecule has 0 spiro atoms. The quantitative estimate of drug-likeness (QED) is 0.751. The van der Waals surface area contributed by atoms with Gasteiger partial charge >= 0.3 is 0 Å². The molecule has 1 saturated heterocycles. The van der Waals surface area contributed by atoms with Gasteiger partial charge in [-0.1, -0.05) is 12.1 Å². The Morgan fingerprint density at radius 1 is 1.03 bits per heavy atom. The minimum Gasteiger partial charge on any atom is -0.378 e. The lowest BCUT2D eigenvalue weighted by Crippen LogP contribution is -2.60. The van der Waals surface area contributed by atoms with Crippen LogP contribution in [0.5, 0.6) is 0 Å². The summed E-state index contributed by atoms with van der Waals surface area (Å²) >= 11 is 1.49. The SMILES string of the molecule is O=C(CSc1ccccc1C(=O)N1CCOCC1)NC12CC3CC(CC(C3)C1)C2. The van der Waals surface area contributed by atoms with Gasteiger partial charge in [-0.15, -0.1) is 11.8 Å². The molecule has 4 bridgehead atoms. The fourth-order valence-corrected chi connectivity index (χ4v) is 7.29. The Kier molecular flexibility index (Phi) is 5.33. The third-order valence-corrected chi connectivity index (χ3v) is 8.29. The number of nitrogens with zero attached hydrogens (tertiary/aromatic N) is 1. The molecule has 0 unspecified atom stereocenters.